The number of imidazole rings is 1. The number of hydrogen-bond donors (Lipinski definition) is 2. The van der Waals surface area contributed by atoms with E-state index in [4.69, 9.17) is 4.74 Å². The lowest BCUT2D eigenvalue weighted by atomic mass is 9.88. The van der Waals surface area contributed by atoms with Crippen LogP contribution in [0.3, 0.4) is 0 Å². The second-order valence-electron chi connectivity index (χ2n) is 5.15. The smallest absolute Gasteiger partial charge is 0.202 e. The molecular formula is C12H20N4O. The molecule has 0 bridgehead atoms. The number of ether oxygens (including phenoxy) is 1. The molecule has 1 aromatic rings. The van der Waals surface area contributed by atoms with Crippen molar-refractivity contribution in [1.29, 1.82) is 0 Å². The quantitative estimate of drug-likeness (QED) is 0.795. The molecule has 1 aromatic heterocycles. The largest absolute Gasteiger partial charge is 0.373 e. The third-order valence-electron chi connectivity index (χ3n) is 3.88. The molecule has 0 radical (unpaired) electrons. The second kappa shape index (κ2) is 4.31. The fourth-order valence-electron chi connectivity index (χ4n) is 2.86. The maximum Gasteiger partial charge on any atom is 0.202 e. The monoisotopic (exact) mass is 236 g/mol. The van der Waals surface area contributed by atoms with Crippen molar-refractivity contribution in [2.75, 3.05) is 25.0 Å². The Bertz CT molecular complexity index is 384. The summed E-state index contributed by atoms with van der Waals surface area (Å²) < 4.78 is 8.05. The average molecular weight is 236 g/mol. The van der Waals surface area contributed by atoms with Gasteiger partial charge in [-0.1, -0.05) is 0 Å². The van der Waals surface area contributed by atoms with Crippen LogP contribution in [-0.4, -0.2) is 40.9 Å². The first-order valence-corrected chi connectivity index (χ1v) is 6.36. The molecule has 2 fully saturated rings. The standard InChI is InChI=1S/C12H20N4O/c1-16-7-6-14-11(16)15-10-8-12(17-9-10)2-4-13-5-3-12/h6-7,10,13H,2-5,8-9H2,1H3,(H,14,15). The van der Waals surface area contributed by atoms with Crippen molar-refractivity contribution in [3.05, 3.63) is 12.4 Å². The number of nitrogens with one attached hydrogen (secondary N) is 2. The van der Waals surface area contributed by atoms with E-state index in [9.17, 15) is 0 Å². The van der Waals surface area contributed by atoms with Gasteiger partial charge in [-0.3, -0.25) is 0 Å². The Morgan fingerprint density at radius 2 is 2.35 bits per heavy atom. The van der Waals surface area contributed by atoms with Crippen LogP contribution in [0, 0.1) is 0 Å². The van der Waals surface area contributed by atoms with Gasteiger partial charge in [0.15, 0.2) is 0 Å². The average Bonchev–Trinajstić information content (AvgIpc) is 2.90. The van der Waals surface area contributed by atoms with Gasteiger partial charge in [0.1, 0.15) is 0 Å². The van der Waals surface area contributed by atoms with E-state index in [1.165, 1.54) is 0 Å². The molecule has 17 heavy (non-hydrogen) atoms. The lowest BCUT2D eigenvalue weighted by Gasteiger charge is -2.32. The Balaban J connectivity index is 1.62. The molecule has 1 unspecified atom stereocenters. The summed E-state index contributed by atoms with van der Waals surface area (Å²) in [4.78, 5) is 4.30. The van der Waals surface area contributed by atoms with E-state index in [2.05, 4.69) is 15.6 Å². The van der Waals surface area contributed by atoms with Crippen LogP contribution in [0.1, 0.15) is 19.3 Å². The summed E-state index contributed by atoms with van der Waals surface area (Å²) in [6.45, 7) is 2.96. The summed E-state index contributed by atoms with van der Waals surface area (Å²) in [5.41, 5.74) is 0.119. The first-order valence-electron chi connectivity index (χ1n) is 6.36. The molecule has 3 heterocycles. The minimum Gasteiger partial charge on any atom is -0.373 e. The normalized spacial score (nSPS) is 27.5. The van der Waals surface area contributed by atoms with Gasteiger partial charge in [0, 0.05) is 19.4 Å². The Kier molecular flexibility index (Phi) is 2.80. The van der Waals surface area contributed by atoms with Crippen LogP contribution in [0.5, 0.6) is 0 Å². The van der Waals surface area contributed by atoms with E-state index in [1.807, 2.05) is 24.0 Å². The van der Waals surface area contributed by atoms with Crippen molar-refractivity contribution >= 4 is 5.95 Å². The molecule has 5 nitrogen and oxygen atoms in total. The Morgan fingerprint density at radius 3 is 3.06 bits per heavy atom. The number of anilines is 1. The summed E-state index contributed by atoms with van der Waals surface area (Å²) in [6.07, 6.45) is 7.13. The molecule has 0 aliphatic carbocycles. The topological polar surface area (TPSA) is 51.1 Å². The van der Waals surface area contributed by atoms with Crippen molar-refractivity contribution in [2.45, 2.75) is 30.9 Å². The Hall–Kier alpha value is -1.07. The zero-order valence-electron chi connectivity index (χ0n) is 10.3. The maximum absolute atomic E-state index is 6.04. The van der Waals surface area contributed by atoms with E-state index >= 15 is 0 Å². The highest BCUT2D eigenvalue weighted by Gasteiger charge is 2.41. The molecule has 94 valence electrons. The molecular weight excluding hydrogens is 216 g/mol. The summed E-state index contributed by atoms with van der Waals surface area (Å²) in [5.74, 6) is 0.935. The highest BCUT2D eigenvalue weighted by atomic mass is 16.5. The molecule has 3 rings (SSSR count). The van der Waals surface area contributed by atoms with Crippen LogP contribution in [-0.2, 0) is 11.8 Å². The van der Waals surface area contributed by atoms with Crippen molar-refractivity contribution in [1.82, 2.24) is 14.9 Å². The molecule has 0 saturated carbocycles. The van der Waals surface area contributed by atoms with Gasteiger partial charge in [-0.25, -0.2) is 4.98 Å². The van der Waals surface area contributed by atoms with Crippen molar-refractivity contribution in [3.8, 4) is 0 Å². The lowest BCUT2D eigenvalue weighted by molar-refractivity contribution is -0.0192. The molecule has 1 atom stereocenters. The third-order valence-corrected chi connectivity index (χ3v) is 3.88. The number of rotatable bonds is 2. The van der Waals surface area contributed by atoms with Gasteiger partial charge in [0.25, 0.3) is 0 Å². The molecule has 5 heteroatoms. The Morgan fingerprint density at radius 1 is 1.53 bits per heavy atom. The highest BCUT2D eigenvalue weighted by molar-refractivity contribution is 5.28. The molecule has 2 aliphatic heterocycles. The van der Waals surface area contributed by atoms with Crippen LogP contribution < -0.4 is 10.6 Å². The highest BCUT2D eigenvalue weighted by Crippen LogP contribution is 2.34. The second-order valence-corrected chi connectivity index (χ2v) is 5.15. The molecule has 2 saturated heterocycles. The van der Waals surface area contributed by atoms with Crippen molar-refractivity contribution in [2.24, 2.45) is 7.05 Å². The van der Waals surface area contributed by atoms with Crippen molar-refractivity contribution in [3.63, 3.8) is 0 Å². The summed E-state index contributed by atoms with van der Waals surface area (Å²) in [6, 6.07) is 0.397. The first-order chi connectivity index (χ1) is 8.27. The van der Waals surface area contributed by atoms with E-state index in [1.54, 1.807) is 0 Å². The molecule has 2 aliphatic rings. The van der Waals surface area contributed by atoms with Gasteiger partial charge in [0.05, 0.1) is 18.2 Å². The van der Waals surface area contributed by atoms with Gasteiger partial charge in [-0.15, -0.1) is 0 Å². The number of nitrogens with zero attached hydrogens (tertiary/aromatic N) is 2. The van der Waals surface area contributed by atoms with Crippen LogP contribution >= 0.6 is 0 Å². The van der Waals surface area contributed by atoms with E-state index < -0.39 is 0 Å². The van der Waals surface area contributed by atoms with Crippen LogP contribution in [0.4, 0.5) is 5.95 Å². The SMILES string of the molecule is Cn1ccnc1NC1COC2(CCNCC2)C1. The minimum absolute atomic E-state index is 0.119. The maximum atomic E-state index is 6.04. The summed E-state index contributed by atoms with van der Waals surface area (Å²) in [5, 5.41) is 6.86. The fourth-order valence-corrected chi connectivity index (χ4v) is 2.86. The van der Waals surface area contributed by atoms with Gasteiger partial charge < -0.3 is 19.9 Å². The zero-order valence-corrected chi connectivity index (χ0v) is 10.3. The Labute approximate surface area is 102 Å². The molecule has 0 aromatic carbocycles. The van der Waals surface area contributed by atoms with Gasteiger partial charge in [-0.2, -0.15) is 0 Å². The number of aryl methyl sites for hydroxylation is 1. The van der Waals surface area contributed by atoms with Gasteiger partial charge in [0.2, 0.25) is 5.95 Å². The van der Waals surface area contributed by atoms with Gasteiger partial charge in [-0.05, 0) is 32.4 Å². The molecule has 0 amide bonds. The zero-order chi connectivity index (χ0) is 11.7. The molecule has 1 spiro atoms. The predicted octanol–water partition coefficient (Wildman–Crippen LogP) is 0.743. The summed E-state index contributed by atoms with van der Waals surface area (Å²) in [7, 11) is 2.01. The van der Waals surface area contributed by atoms with E-state index in [-0.39, 0.29) is 5.60 Å². The lowest BCUT2D eigenvalue weighted by Crippen LogP contribution is -2.41. The minimum atomic E-state index is 0.119. The molecule has 2 N–H and O–H groups in total. The fraction of sp³-hybridized carbons (Fsp3) is 0.750. The van der Waals surface area contributed by atoms with Crippen molar-refractivity contribution < 1.29 is 4.74 Å². The van der Waals surface area contributed by atoms with Crippen LogP contribution in [0.2, 0.25) is 0 Å². The van der Waals surface area contributed by atoms with E-state index in [0.717, 1.165) is 44.9 Å². The van der Waals surface area contributed by atoms with Gasteiger partial charge >= 0.3 is 0 Å². The predicted molar refractivity (Wildman–Crippen MR) is 66.0 cm³/mol. The first kappa shape index (κ1) is 11.0. The number of aromatic nitrogens is 2. The van der Waals surface area contributed by atoms with Crippen LogP contribution in [0.25, 0.3) is 0 Å². The number of hydrogen-bond acceptors (Lipinski definition) is 4. The number of piperidine rings is 1. The summed E-state index contributed by atoms with van der Waals surface area (Å²) >= 11 is 0. The van der Waals surface area contributed by atoms with Crippen LogP contribution in [0.15, 0.2) is 12.4 Å². The van der Waals surface area contributed by atoms with E-state index in [0.29, 0.717) is 6.04 Å². The third kappa shape index (κ3) is 2.17.